The van der Waals surface area contributed by atoms with Gasteiger partial charge in [0.15, 0.2) is 10.2 Å². The normalized spacial score (nSPS) is 16.5. The first kappa shape index (κ1) is 19.2. The van der Waals surface area contributed by atoms with E-state index in [4.69, 9.17) is 24.4 Å². The van der Waals surface area contributed by atoms with Crippen molar-refractivity contribution in [2.75, 3.05) is 14.1 Å². The van der Waals surface area contributed by atoms with Crippen LogP contribution >= 0.6 is 24.4 Å². The highest BCUT2D eigenvalue weighted by molar-refractivity contribution is 7.80. The largest absolute Gasteiger partial charge is 0.364 e. The number of hydrogen-bond acceptors (Lipinski definition) is 5. The molecule has 0 bridgehead atoms. The van der Waals surface area contributed by atoms with E-state index in [-0.39, 0.29) is 5.41 Å². The summed E-state index contributed by atoms with van der Waals surface area (Å²) in [7, 11) is 3.48. The van der Waals surface area contributed by atoms with Crippen LogP contribution in [0.15, 0.2) is 34.7 Å². The third kappa shape index (κ3) is 4.93. The second kappa shape index (κ2) is 9.38. The van der Waals surface area contributed by atoms with Crippen molar-refractivity contribution in [3.05, 3.63) is 30.1 Å². The zero-order valence-corrected chi connectivity index (χ0v) is 16.0. The lowest BCUT2D eigenvalue weighted by atomic mass is 9.75. The van der Waals surface area contributed by atoms with Crippen molar-refractivity contribution in [1.82, 2.24) is 26.5 Å². The number of pyridine rings is 1. The highest BCUT2D eigenvalue weighted by atomic mass is 32.1. The molecule has 2 rings (SSSR count). The lowest BCUT2D eigenvalue weighted by Crippen LogP contribution is -2.39. The molecule has 1 saturated carbocycles. The molecule has 1 fully saturated rings. The molecule has 0 radical (unpaired) electrons. The van der Waals surface area contributed by atoms with Crippen molar-refractivity contribution in [3.63, 3.8) is 0 Å². The number of hydrazone groups is 2. The van der Waals surface area contributed by atoms with Crippen LogP contribution in [0.5, 0.6) is 0 Å². The number of nitrogens with one attached hydrogen (secondary N) is 4. The standard InChI is InChI=1S/C16H23N7S2/c1-17-14(24)22-20-11-13(21-23-15(25)18-2)16(7-3-4-8-16)12-6-5-9-19-10-12/h5-6,9-11H,3-4,7-8H2,1-2H3,(H2,17,22,24)(H2,18,23,25)/b20-11+,21-13?. The molecule has 1 aromatic rings. The van der Waals surface area contributed by atoms with Crippen LogP contribution < -0.4 is 21.5 Å². The van der Waals surface area contributed by atoms with E-state index in [0.29, 0.717) is 10.2 Å². The van der Waals surface area contributed by atoms with Gasteiger partial charge in [0, 0.05) is 31.9 Å². The summed E-state index contributed by atoms with van der Waals surface area (Å²) in [6.45, 7) is 0. The molecule has 134 valence electrons. The van der Waals surface area contributed by atoms with Crippen molar-refractivity contribution in [2.24, 2.45) is 10.2 Å². The van der Waals surface area contributed by atoms with Gasteiger partial charge in [-0.05, 0) is 48.9 Å². The number of hydrogen-bond donors (Lipinski definition) is 4. The smallest absolute Gasteiger partial charge is 0.186 e. The molecule has 9 heteroatoms. The van der Waals surface area contributed by atoms with E-state index in [9.17, 15) is 0 Å². The van der Waals surface area contributed by atoms with Crippen molar-refractivity contribution >= 4 is 46.6 Å². The Kier molecular flexibility index (Phi) is 7.20. The molecule has 0 amide bonds. The Balaban J connectivity index is 2.36. The van der Waals surface area contributed by atoms with Crippen molar-refractivity contribution in [2.45, 2.75) is 31.1 Å². The minimum atomic E-state index is -0.239. The summed E-state index contributed by atoms with van der Waals surface area (Å²) in [5, 5.41) is 15.3. The lowest BCUT2D eigenvalue weighted by Gasteiger charge is -2.29. The van der Waals surface area contributed by atoms with Crippen LogP contribution in [0.3, 0.4) is 0 Å². The van der Waals surface area contributed by atoms with Crippen molar-refractivity contribution < 1.29 is 0 Å². The van der Waals surface area contributed by atoms with Gasteiger partial charge >= 0.3 is 0 Å². The summed E-state index contributed by atoms with van der Waals surface area (Å²) >= 11 is 10.2. The molecular weight excluding hydrogens is 354 g/mol. The second-order valence-electron chi connectivity index (χ2n) is 5.67. The van der Waals surface area contributed by atoms with Gasteiger partial charge in [-0.25, -0.2) is 0 Å². The minimum absolute atomic E-state index is 0.239. The molecule has 1 aliphatic carbocycles. The number of aromatic nitrogens is 1. The van der Waals surface area contributed by atoms with Gasteiger partial charge in [0.05, 0.1) is 11.9 Å². The SMILES string of the molecule is CNC(=S)NN=C(/C=N/NC(=S)NC)C1(c2cccnc2)CCCC1. The average molecular weight is 378 g/mol. The maximum absolute atomic E-state index is 5.14. The maximum atomic E-state index is 5.14. The van der Waals surface area contributed by atoms with Gasteiger partial charge in [-0.3, -0.25) is 15.8 Å². The van der Waals surface area contributed by atoms with Crippen molar-refractivity contribution in [1.29, 1.82) is 0 Å². The topological polar surface area (TPSA) is 85.7 Å². The molecule has 7 nitrogen and oxygen atoms in total. The first-order valence-corrected chi connectivity index (χ1v) is 8.91. The molecule has 1 aromatic heterocycles. The summed E-state index contributed by atoms with van der Waals surface area (Å²) in [5.41, 5.74) is 7.34. The van der Waals surface area contributed by atoms with Crippen LogP contribution in [0.4, 0.5) is 0 Å². The molecular formula is C16H23N7S2. The van der Waals surface area contributed by atoms with Gasteiger partial charge in [0.1, 0.15) is 0 Å². The third-order valence-corrected chi connectivity index (χ3v) is 4.84. The van der Waals surface area contributed by atoms with E-state index in [1.54, 1.807) is 26.5 Å². The highest BCUT2D eigenvalue weighted by Gasteiger charge is 2.40. The Labute approximate surface area is 158 Å². The molecule has 1 heterocycles. The quantitative estimate of drug-likeness (QED) is 0.351. The average Bonchev–Trinajstić information content (AvgIpc) is 3.15. The Morgan fingerprint density at radius 2 is 1.84 bits per heavy atom. The van der Waals surface area contributed by atoms with Crippen LogP contribution in [0.2, 0.25) is 0 Å². The predicted octanol–water partition coefficient (Wildman–Crippen LogP) is 1.42. The summed E-state index contributed by atoms with van der Waals surface area (Å²) in [6.07, 6.45) is 9.59. The number of thiocarbonyl (C=S) groups is 2. The molecule has 0 aromatic carbocycles. The fraction of sp³-hybridized carbons (Fsp3) is 0.438. The van der Waals surface area contributed by atoms with Crippen LogP contribution in [-0.4, -0.2) is 41.2 Å². The molecule has 1 aliphatic rings. The van der Waals surface area contributed by atoms with E-state index in [1.807, 2.05) is 12.3 Å². The Morgan fingerprint density at radius 1 is 1.16 bits per heavy atom. The van der Waals surface area contributed by atoms with Gasteiger partial charge in [-0.15, -0.1) is 0 Å². The first-order valence-electron chi connectivity index (χ1n) is 8.09. The zero-order valence-electron chi connectivity index (χ0n) is 14.4. The molecule has 0 saturated heterocycles. The van der Waals surface area contributed by atoms with Gasteiger partial charge in [-0.2, -0.15) is 10.2 Å². The second-order valence-corrected chi connectivity index (χ2v) is 6.48. The van der Waals surface area contributed by atoms with Crippen LogP contribution in [0.25, 0.3) is 0 Å². The van der Waals surface area contributed by atoms with Gasteiger partial charge in [0.25, 0.3) is 0 Å². The van der Waals surface area contributed by atoms with E-state index in [2.05, 4.69) is 42.7 Å². The monoisotopic (exact) mass is 377 g/mol. The number of rotatable bonds is 5. The summed E-state index contributed by atoms with van der Waals surface area (Å²) < 4.78 is 0. The van der Waals surface area contributed by atoms with Gasteiger partial charge < -0.3 is 10.6 Å². The Hall–Kier alpha value is -2.13. The Bertz CT molecular complexity index is 652. The van der Waals surface area contributed by atoms with E-state index in [1.165, 1.54) is 0 Å². The molecule has 0 spiro atoms. The molecule has 4 N–H and O–H groups in total. The van der Waals surface area contributed by atoms with Gasteiger partial charge in [-0.1, -0.05) is 18.9 Å². The van der Waals surface area contributed by atoms with E-state index < -0.39 is 0 Å². The highest BCUT2D eigenvalue weighted by Crippen LogP contribution is 2.41. The lowest BCUT2D eigenvalue weighted by molar-refractivity contribution is 0.598. The van der Waals surface area contributed by atoms with Crippen LogP contribution in [0.1, 0.15) is 31.2 Å². The fourth-order valence-corrected chi connectivity index (χ4v) is 3.05. The fourth-order valence-electron chi connectivity index (χ4n) is 2.95. The predicted molar refractivity (Wildman–Crippen MR) is 110 cm³/mol. The molecule has 0 aliphatic heterocycles. The third-order valence-electron chi connectivity index (χ3n) is 4.25. The molecule has 25 heavy (non-hydrogen) atoms. The Morgan fingerprint density at radius 3 is 2.44 bits per heavy atom. The summed E-state index contributed by atoms with van der Waals surface area (Å²) in [4.78, 5) is 4.29. The van der Waals surface area contributed by atoms with Crippen molar-refractivity contribution in [3.8, 4) is 0 Å². The van der Waals surface area contributed by atoms with Gasteiger partial charge in [0.2, 0.25) is 0 Å². The zero-order chi connectivity index (χ0) is 18.1. The first-order chi connectivity index (χ1) is 12.1. The molecule has 0 atom stereocenters. The summed E-state index contributed by atoms with van der Waals surface area (Å²) in [6, 6.07) is 4.04. The number of nitrogens with zero attached hydrogens (tertiary/aromatic N) is 3. The van der Waals surface area contributed by atoms with Crippen LogP contribution in [-0.2, 0) is 5.41 Å². The molecule has 0 unspecified atom stereocenters. The summed E-state index contributed by atoms with van der Waals surface area (Å²) in [5.74, 6) is 0. The minimum Gasteiger partial charge on any atom is -0.364 e. The maximum Gasteiger partial charge on any atom is 0.186 e. The van der Waals surface area contributed by atoms with Crippen LogP contribution in [0, 0.1) is 0 Å². The van der Waals surface area contributed by atoms with E-state index >= 15 is 0 Å². The van der Waals surface area contributed by atoms with E-state index in [0.717, 1.165) is 37.0 Å².